The van der Waals surface area contributed by atoms with E-state index in [1.165, 1.54) is 0 Å². The lowest BCUT2D eigenvalue weighted by atomic mass is 10.1. The van der Waals surface area contributed by atoms with E-state index in [2.05, 4.69) is 15.8 Å². The Morgan fingerprint density at radius 3 is 2.23 bits per heavy atom. The Morgan fingerprint density at radius 1 is 0.771 bits per heavy atom. The summed E-state index contributed by atoms with van der Waals surface area (Å²) in [6.45, 7) is 0.431. The molecule has 2 amide bonds. The fraction of sp³-hybridized carbons (Fsp3) is 0.0690. The predicted octanol–water partition coefficient (Wildman–Crippen LogP) is 5.21. The van der Waals surface area contributed by atoms with Crippen LogP contribution in [-0.2, 0) is 17.8 Å². The van der Waals surface area contributed by atoms with Gasteiger partial charge in [0.2, 0.25) is 5.91 Å². The summed E-state index contributed by atoms with van der Waals surface area (Å²) in [5, 5.41) is 6.92. The topological polar surface area (TPSA) is 79.8 Å². The van der Waals surface area contributed by atoms with Crippen LogP contribution in [0.2, 0.25) is 0 Å². The average Bonchev–Trinajstić information content (AvgIpc) is 2.89. The lowest BCUT2D eigenvalue weighted by Crippen LogP contribution is -2.19. The number of nitrogens with zero attached hydrogens (tertiary/aromatic N) is 1. The Hall–Kier alpha value is -4.71. The van der Waals surface area contributed by atoms with Gasteiger partial charge in [-0.05, 0) is 41.5 Å². The number of nitrogens with one attached hydrogen (secondary N) is 2. The Labute approximate surface area is 204 Å². The number of hydrogen-bond donors (Lipinski definition) is 2. The number of anilines is 1. The zero-order valence-electron chi connectivity index (χ0n) is 19.1. The van der Waals surface area contributed by atoms with Gasteiger partial charge in [0.25, 0.3) is 5.91 Å². The smallest absolute Gasteiger partial charge is 0.271 e. The molecule has 0 radical (unpaired) electrons. The summed E-state index contributed by atoms with van der Waals surface area (Å²) in [6.07, 6.45) is 1.80. The number of benzene rings is 4. The van der Waals surface area contributed by atoms with Crippen molar-refractivity contribution in [1.82, 2.24) is 5.43 Å². The first kappa shape index (κ1) is 23.4. The lowest BCUT2D eigenvalue weighted by Gasteiger charge is -2.09. The minimum Gasteiger partial charge on any atom is -0.488 e. The van der Waals surface area contributed by atoms with Crippen molar-refractivity contribution in [3.05, 3.63) is 131 Å². The molecule has 0 heterocycles. The molecule has 0 atom stereocenters. The van der Waals surface area contributed by atoms with E-state index in [-0.39, 0.29) is 18.2 Å². The van der Waals surface area contributed by atoms with Crippen LogP contribution in [0, 0.1) is 0 Å². The van der Waals surface area contributed by atoms with Gasteiger partial charge in [0.05, 0.1) is 12.6 Å². The molecule has 0 aliphatic heterocycles. The highest BCUT2D eigenvalue weighted by Crippen LogP contribution is 2.18. The minimum absolute atomic E-state index is 0.154. The second-order valence-electron chi connectivity index (χ2n) is 7.80. The summed E-state index contributed by atoms with van der Waals surface area (Å²) in [4.78, 5) is 24.9. The molecular weight excluding hydrogens is 438 g/mol. The van der Waals surface area contributed by atoms with Gasteiger partial charge < -0.3 is 10.1 Å². The summed E-state index contributed by atoms with van der Waals surface area (Å²) in [5.41, 5.74) is 6.18. The van der Waals surface area contributed by atoms with Crippen LogP contribution in [0.1, 0.15) is 27.0 Å². The molecule has 4 rings (SSSR count). The first-order chi connectivity index (χ1) is 17.2. The molecule has 0 unspecified atom stereocenters. The Balaban J connectivity index is 1.34. The normalized spacial score (nSPS) is 10.6. The predicted molar refractivity (Wildman–Crippen MR) is 137 cm³/mol. The largest absolute Gasteiger partial charge is 0.488 e. The number of hydrogen-bond acceptors (Lipinski definition) is 4. The van der Waals surface area contributed by atoms with Crippen molar-refractivity contribution in [2.45, 2.75) is 13.0 Å². The summed E-state index contributed by atoms with van der Waals surface area (Å²) >= 11 is 0. The van der Waals surface area contributed by atoms with E-state index in [4.69, 9.17) is 4.74 Å². The number of carbonyl (C=O) groups excluding carboxylic acids is 2. The summed E-state index contributed by atoms with van der Waals surface area (Å²) in [6, 6.07) is 33.6. The van der Waals surface area contributed by atoms with Gasteiger partial charge in [-0.25, -0.2) is 5.43 Å². The maximum absolute atomic E-state index is 12.6. The van der Waals surface area contributed by atoms with Gasteiger partial charge in [0, 0.05) is 16.8 Å². The molecule has 0 saturated heterocycles. The van der Waals surface area contributed by atoms with Crippen molar-refractivity contribution >= 4 is 23.7 Å². The van der Waals surface area contributed by atoms with Gasteiger partial charge in [-0.2, -0.15) is 5.10 Å². The van der Waals surface area contributed by atoms with Crippen LogP contribution in [0.5, 0.6) is 5.75 Å². The Morgan fingerprint density at radius 2 is 1.46 bits per heavy atom. The molecule has 35 heavy (non-hydrogen) atoms. The molecule has 0 aliphatic carbocycles. The van der Waals surface area contributed by atoms with E-state index < -0.39 is 0 Å². The molecule has 2 N–H and O–H groups in total. The van der Waals surface area contributed by atoms with Crippen molar-refractivity contribution in [3.8, 4) is 5.75 Å². The molecule has 0 saturated carbocycles. The lowest BCUT2D eigenvalue weighted by molar-refractivity contribution is -0.115. The second-order valence-corrected chi connectivity index (χ2v) is 7.80. The van der Waals surface area contributed by atoms with E-state index >= 15 is 0 Å². The molecule has 6 heteroatoms. The standard InChI is InChI=1S/C29H25N3O3/c33-28(18-22-10-3-1-4-11-22)31-26-16-9-15-24(19-26)29(34)32-30-20-25-14-7-8-17-27(25)35-21-23-12-5-2-6-13-23/h1-17,19-20H,18,21H2,(H,31,33)(H,32,34). The third kappa shape index (κ3) is 7.14. The zero-order chi connectivity index (χ0) is 24.3. The van der Waals surface area contributed by atoms with E-state index in [0.29, 0.717) is 23.6 Å². The van der Waals surface area contributed by atoms with Crippen molar-refractivity contribution in [1.29, 1.82) is 0 Å². The number of amides is 2. The number of carbonyl (C=O) groups is 2. The van der Waals surface area contributed by atoms with Crippen LogP contribution < -0.4 is 15.5 Å². The molecule has 4 aromatic rings. The number of ether oxygens (including phenoxy) is 1. The van der Waals surface area contributed by atoms with Gasteiger partial charge in [-0.1, -0.05) is 78.9 Å². The molecule has 174 valence electrons. The van der Waals surface area contributed by atoms with Crippen molar-refractivity contribution in [3.63, 3.8) is 0 Å². The number of rotatable bonds is 9. The Bertz CT molecular complexity index is 1310. The van der Waals surface area contributed by atoms with Crippen molar-refractivity contribution in [2.75, 3.05) is 5.32 Å². The SMILES string of the molecule is O=C(Cc1ccccc1)Nc1cccc(C(=O)NN=Cc2ccccc2OCc2ccccc2)c1. The van der Waals surface area contributed by atoms with Crippen LogP contribution >= 0.6 is 0 Å². The highest BCUT2D eigenvalue weighted by Gasteiger charge is 2.08. The van der Waals surface area contributed by atoms with Gasteiger partial charge >= 0.3 is 0 Å². The minimum atomic E-state index is -0.386. The number of para-hydroxylation sites is 1. The maximum atomic E-state index is 12.6. The zero-order valence-corrected chi connectivity index (χ0v) is 19.1. The molecule has 6 nitrogen and oxygen atoms in total. The third-order valence-electron chi connectivity index (χ3n) is 5.14. The van der Waals surface area contributed by atoms with Crippen LogP contribution in [0.25, 0.3) is 0 Å². The summed E-state index contributed by atoms with van der Waals surface area (Å²) in [7, 11) is 0. The van der Waals surface area contributed by atoms with Crippen molar-refractivity contribution < 1.29 is 14.3 Å². The quantitative estimate of drug-likeness (QED) is 0.264. The first-order valence-corrected chi connectivity index (χ1v) is 11.2. The van der Waals surface area contributed by atoms with E-state index in [1.807, 2.05) is 84.9 Å². The molecule has 4 aromatic carbocycles. The van der Waals surface area contributed by atoms with E-state index in [1.54, 1.807) is 30.5 Å². The van der Waals surface area contributed by atoms with Gasteiger partial charge in [0.15, 0.2) is 0 Å². The molecule has 0 bridgehead atoms. The van der Waals surface area contributed by atoms with Crippen LogP contribution in [0.3, 0.4) is 0 Å². The first-order valence-electron chi connectivity index (χ1n) is 11.2. The van der Waals surface area contributed by atoms with Gasteiger partial charge in [-0.3, -0.25) is 9.59 Å². The van der Waals surface area contributed by atoms with E-state index in [9.17, 15) is 9.59 Å². The molecule has 0 aromatic heterocycles. The summed E-state index contributed by atoms with van der Waals surface area (Å²) in [5.74, 6) is 0.124. The van der Waals surface area contributed by atoms with E-state index in [0.717, 1.165) is 16.7 Å². The Kier molecular flexibility index (Phi) is 8.01. The molecule has 0 aliphatic rings. The highest BCUT2D eigenvalue weighted by molar-refractivity contribution is 5.98. The number of hydrazone groups is 1. The van der Waals surface area contributed by atoms with Gasteiger partial charge in [0.1, 0.15) is 12.4 Å². The van der Waals surface area contributed by atoms with Crippen LogP contribution in [0.15, 0.2) is 114 Å². The molecule has 0 spiro atoms. The van der Waals surface area contributed by atoms with Crippen LogP contribution in [0.4, 0.5) is 5.69 Å². The van der Waals surface area contributed by atoms with Crippen molar-refractivity contribution in [2.24, 2.45) is 5.10 Å². The second kappa shape index (κ2) is 12.0. The fourth-order valence-electron chi connectivity index (χ4n) is 3.40. The third-order valence-corrected chi connectivity index (χ3v) is 5.14. The fourth-order valence-corrected chi connectivity index (χ4v) is 3.40. The highest BCUT2D eigenvalue weighted by atomic mass is 16.5. The van der Waals surface area contributed by atoms with Gasteiger partial charge in [-0.15, -0.1) is 0 Å². The monoisotopic (exact) mass is 463 g/mol. The molecule has 0 fully saturated rings. The van der Waals surface area contributed by atoms with Crippen LogP contribution in [-0.4, -0.2) is 18.0 Å². The molecular formula is C29H25N3O3. The summed E-state index contributed by atoms with van der Waals surface area (Å²) < 4.78 is 5.92. The average molecular weight is 464 g/mol. The maximum Gasteiger partial charge on any atom is 0.271 e.